The van der Waals surface area contributed by atoms with Crippen LogP contribution in [0.1, 0.15) is 61.8 Å². The lowest BCUT2D eigenvalue weighted by molar-refractivity contribution is -0.158. The van der Waals surface area contributed by atoms with Gasteiger partial charge in [0, 0.05) is 6.04 Å². The zero-order chi connectivity index (χ0) is 22.6. The van der Waals surface area contributed by atoms with Crippen LogP contribution in [-0.4, -0.2) is 52.8 Å². The maximum atomic E-state index is 12.8. The van der Waals surface area contributed by atoms with Crippen molar-refractivity contribution in [2.75, 3.05) is 0 Å². The minimum Gasteiger partial charge on any atom is -0.451 e. The van der Waals surface area contributed by atoms with Crippen LogP contribution in [0.3, 0.4) is 0 Å². The third-order valence-corrected chi connectivity index (χ3v) is 4.42. The molecule has 1 aromatic carbocycles. The molecule has 0 aliphatic carbocycles. The molecule has 9 nitrogen and oxygen atoms in total. The van der Waals surface area contributed by atoms with Crippen molar-refractivity contribution in [2.45, 2.75) is 59.2 Å². The quantitative estimate of drug-likeness (QED) is 0.516. The van der Waals surface area contributed by atoms with Crippen LogP contribution in [0.25, 0.3) is 0 Å². The summed E-state index contributed by atoms with van der Waals surface area (Å²) in [5, 5.41) is 4.57. The van der Waals surface area contributed by atoms with Crippen molar-refractivity contribution in [3.05, 3.63) is 35.4 Å². The minimum atomic E-state index is -1.29. The summed E-state index contributed by atoms with van der Waals surface area (Å²) in [4.78, 5) is 63.1. The first-order valence-corrected chi connectivity index (χ1v) is 9.81. The van der Waals surface area contributed by atoms with Crippen molar-refractivity contribution in [3.8, 4) is 0 Å². The summed E-state index contributed by atoms with van der Waals surface area (Å²) in [5.41, 5.74) is 0.445. The molecule has 5 amide bonds. The highest BCUT2D eigenvalue weighted by Gasteiger charge is 2.44. The van der Waals surface area contributed by atoms with E-state index in [1.807, 2.05) is 13.8 Å². The Kier molecular flexibility index (Phi) is 7.31. The number of benzene rings is 1. The summed E-state index contributed by atoms with van der Waals surface area (Å²) in [6.07, 6.45) is -1.12. The van der Waals surface area contributed by atoms with E-state index in [0.29, 0.717) is 0 Å². The highest BCUT2D eigenvalue weighted by atomic mass is 16.5. The smallest absolute Gasteiger partial charge is 0.330 e. The van der Waals surface area contributed by atoms with Gasteiger partial charge in [-0.1, -0.05) is 26.0 Å². The molecule has 0 unspecified atom stereocenters. The summed E-state index contributed by atoms with van der Waals surface area (Å²) in [7, 11) is 0. The van der Waals surface area contributed by atoms with Gasteiger partial charge in [0.1, 0.15) is 6.04 Å². The molecule has 0 aromatic heterocycles. The number of rotatable bonds is 7. The Morgan fingerprint density at radius 2 is 1.50 bits per heavy atom. The summed E-state index contributed by atoms with van der Waals surface area (Å²) in [6, 6.07) is 4.25. The molecule has 30 heavy (non-hydrogen) atoms. The van der Waals surface area contributed by atoms with Gasteiger partial charge in [0.05, 0.1) is 11.1 Å². The molecule has 1 aliphatic heterocycles. The van der Waals surface area contributed by atoms with Gasteiger partial charge in [0.15, 0.2) is 6.10 Å². The van der Waals surface area contributed by atoms with E-state index in [2.05, 4.69) is 10.6 Å². The molecule has 0 saturated heterocycles. The number of urea groups is 1. The van der Waals surface area contributed by atoms with E-state index >= 15 is 0 Å². The molecule has 0 spiro atoms. The van der Waals surface area contributed by atoms with Crippen molar-refractivity contribution in [1.82, 2.24) is 15.5 Å². The van der Waals surface area contributed by atoms with Crippen LogP contribution in [0.5, 0.6) is 0 Å². The van der Waals surface area contributed by atoms with E-state index in [-0.39, 0.29) is 29.5 Å². The maximum absolute atomic E-state index is 12.8. The number of carbonyl (C=O) groups is 5. The number of hydrogen-bond donors (Lipinski definition) is 2. The average Bonchev–Trinajstić information content (AvgIpc) is 2.89. The van der Waals surface area contributed by atoms with Gasteiger partial charge in [-0.3, -0.25) is 24.6 Å². The number of imide groups is 2. The summed E-state index contributed by atoms with van der Waals surface area (Å²) in [6.45, 7) is 8.44. The van der Waals surface area contributed by atoms with Crippen LogP contribution in [0.15, 0.2) is 24.3 Å². The Bertz CT molecular complexity index is 829. The number of fused-ring (bicyclic) bond motifs is 1. The van der Waals surface area contributed by atoms with Crippen molar-refractivity contribution in [1.29, 1.82) is 0 Å². The fraction of sp³-hybridized carbons (Fsp3) is 0.476. The molecular formula is C21H27N3O6. The largest absolute Gasteiger partial charge is 0.451 e. The molecule has 0 fully saturated rings. The second-order valence-electron chi connectivity index (χ2n) is 7.87. The summed E-state index contributed by atoms with van der Waals surface area (Å²) >= 11 is 0. The molecule has 0 saturated carbocycles. The van der Waals surface area contributed by atoms with Gasteiger partial charge in [-0.05, 0) is 45.2 Å². The fourth-order valence-corrected chi connectivity index (χ4v) is 3.06. The van der Waals surface area contributed by atoms with Crippen molar-refractivity contribution < 1.29 is 28.7 Å². The highest BCUT2D eigenvalue weighted by molar-refractivity contribution is 6.22. The molecule has 162 valence electrons. The minimum absolute atomic E-state index is 0.0344. The molecule has 1 aliphatic rings. The first kappa shape index (κ1) is 23.1. The van der Waals surface area contributed by atoms with Crippen molar-refractivity contribution in [2.24, 2.45) is 5.92 Å². The molecular weight excluding hydrogens is 390 g/mol. The van der Waals surface area contributed by atoms with Gasteiger partial charge in [-0.2, -0.15) is 0 Å². The lowest BCUT2D eigenvalue weighted by Gasteiger charge is -2.27. The number of nitrogens with zero attached hydrogens (tertiary/aromatic N) is 1. The van der Waals surface area contributed by atoms with E-state index in [0.717, 1.165) is 4.90 Å². The maximum Gasteiger partial charge on any atom is 0.330 e. The van der Waals surface area contributed by atoms with Crippen LogP contribution in [0, 0.1) is 5.92 Å². The molecule has 2 rings (SSSR count). The van der Waals surface area contributed by atoms with Gasteiger partial charge in [0.2, 0.25) is 0 Å². The summed E-state index contributed by atoms with van der Waals surface area (Å²) < 4.78 is 5.21. The Labute approximate surface area is 175 Å². The van der Waals surface area contributed by atoms with Crippen LogP contribution in [-0.2, 0) is 14.3 Å². The Morgan fingerprint density at radius 3 is 1.97 bits per heavy atom. The predicted octanol–water partition coefficient (Wildman–Crippen LogP) is 1.86. The van der Waals surface area contributed by atoms with Crippen LogP contribution < -0.4 is 10.6 Å². The molecule has 0 radical (unpaired) electrons. The third-order valence-electron chi connectivity index (χ3n) is 4.42. The van der Waals surface area contributed by atoms with Crippen molar-refractivity contribution in [3.63, 3.8) is 0 Å². The van der Waals surface area contributed by atoms with Crippen LogP contribution in [0.4, 0.5) is 4.79 Å². The van der Waals surface area contributed by atoms with Crippen molar-refractivity contribution >= 4 is 29.7 Å². The van der Waals surface area contributed by atoms with E-state index < -0.39 is 41.9 Å². The zero-order valence-electron chi connectivity index (χ0n) is 17.7. The number of nitrogens with one attached hydrogen (secondary N) is 2. The first-order valence-electron chi connectivity index (χ1n) is 9.81. The molecule has 2 N–H and O–H groups in total. The van der Waals surface area contributed by atoms with Gasteiger partial charge in [-0.25, -0.2) is 9.59 Å². The lowest BCUT2D eigenvalue weighted by atomic mass is 10.0. The Hall–Kier alpha value is -3.23. The van der Waals surface area contributed by atoms with Gasteiger partial charge in [-0.15, -0.1) is 0 Å². The highest BCUT2D eigenvalue weighted by Crippen LogP contribution is 2.27. The van der Waals surface area contributed by atoms with Gasteiger partial charge in [0.25, 0.3) is 17.7 Å². The SMILES string of the molecule is CC(C)C[C@H](C(=O)O[C@H](C)C(=O)NC(=O)NC(C)C)N1C(=O)c2ccccc2C1=O. The second-order valence-corrected chi connectivity index (χ2v) is 7.87. The fourth-order valence-electron chi connectivity index (χ4n) is 3.06. The second kappa shape index (κ2) is 9.51. The van der Waals surface area contributed by atoms with Crippen LogP contribution in [0.2, 0.25) is 0 Å². The van der Waals surface area contributed by atoms with Gasteiger partial charge >= 0.3 is 12.0 Å². The first-order chi connectivity index (χ1) is 14.0. The number of hydrogen-bond acceptors (Lipinski definition) is 6. The normalized spacial score (nSPS) is 15.1. The number of ether oxygens (including phenoxy) is 1. The Balaban J connectivity index is 2.15. The van der Waals surface area contributed by atoms with E-state index in [4.69, 9.17) is 4.74 Å². The zero-order valence-corrected chi connectivity index (χ0v) is 17.7. The van der Waals surface area contributed by atoms with E-state index in [1.165, 1.54) is 19.1 Å². The standard InChI is InChI=1S/C21H27N3O6/c1-11(2)10-16(24-18(26)14-8-6-7-9-15(14)19(24)27)20(28)30-13(5)17(25)23-21(29)22-12(3)4/h6-9,11-13,16H,10H2,1-5H3,(H2,22,23,25,29)/t13-,16-/m1/s1. The lowest BCUT2D eigenvalue weighted by Crippen LogP contribution is -2.50. The topological polar surface area (TPSA) is 122 Å². The molecule has 1 aromatic rings. The number of carbonyl (C=O) groups excluding carboxylic acids is 5. The predicted molar refractivity (Wildman–Crippen MR) is 108 cm³/mol. The molecule has 1 heterocycles. The molecule has 0 bridgehead atoms. The monoisotopic (exact) mass is 417 g/mol. The summed E-state index contributed by atoms with van der Waals surface area (Å²) in [5.74, 6) is -2.89. The molecule has 2 atom stereocenters. The third kappa shape index (κ3) is 5.22. The number of amides is 5. The average molecular weight is 417 g/mol. The van der Waals surface area contributed by atoms with Gasteiger partial charge < -0.3 is 10.1 Å². The Morgan fingerprint density at radius 1 is 0.967 bits per heavy atom. The molecule has 9 heteroatoms. The van der Waals surface area contributed by atoms with Crippen LogP contribution >= 0.6 is 0 Å². The van der Waals surface area contributed by atoms with E-state index in [9.17, 15) is 24.0 Å². The number of esters is 1. The van der Waals surface area contributed by atoms with E-state index in [1.54, 1.807) is 26.0 Å².